The number of allylic oxidation sites excluding steroid dienone is 2. The van der Waals surface area contributed by atoms with Crippen molar-refractivity contribution in [1.29, 1.82) is 0 Å². The molecule has 8 aliphatic rings. The molecule has 0 spiro atoms. The molecule has 67 heavy (non-hydrogen) atoms. The maximum atomic E-state index is 14.2. The van der Waals surface area contributed by atoms with Crippen LogP contribution in [0.15, 0.2) is 11.6 Å². The summed E-state index contributed by atoms with van der Waals surface area (Å²) < 4.78 is 36.7. The molecule has 10 N–H and O–H groups in total. The number of fused-ring (bicyclic) bond motifs is 7. The van der Waals surface area contributed by atoms with Gasteiger partial charge in [0.15, 0.2) is 18.9 Å². The van der Waals surface area contributed by atoms with Gasteiger partial charge in [-0.3, -0.25) is 4.79 Å². The SMILES string of the molecule is CCCNC(=O)[C@]12CCC(C)(C)CC1C1=CCC3[C@@]4(C)CCC(O[C@@H]5OC[C@H](O[C@H]6O[C@H](CO)[C@@H](O)[C@H](O)[C@H]6O)[C@H](O)[C@H]5O[C@@H]5O[C@@H](C)[C@H](O)[C@@H](O)[C@H]5O)[C@@](C)(CO)C4CC[C@@]3(C)[C@]1(C)CC2. The molecule has 0 bridgehead atoms. The van der Waals surface area contributed by atoms with Crippen LogP contribution in [0.5, 0.6) is 0 Å². The highest BCUT2D eigenvalue weighted by molar-refractivity contribution is 5.84. The molecule has 0 aromatic carbocycles. The van der Waals surface area contributed by atoms with Crippen LogP contribution >= 0.6 is 0 Å². The molecule has 3 heterocycles. The maximum Gasteiger partial charge on any atom is 0.226 e. The van der Waals surface area contributed by atoms with E-state index >= 15 is 0 Å². The van der Waals surface area contributed by atoms with Gasteiger partial charge in [0.2, 0.25) is 5.91 Å². The van der Waals surface area contributed by atoms with Crippen molar-refractivity contribution in [3.8, 4) is 0 Å². The van der Waals surface area contributed by atoms with Crippen LogP contribution in [0.4, 0.5) is 0 Å². The summed E-state index contributed by atoms with van der Waals surface area (Å²) in [6.45, 7) is 17.2. The second-order valence-electron chi connectivity index (χ2n) is 23.8. The molecule has 3 saturated heterocycles. The third-order valence-electron chi connectivity index (χ3n) is 19.7. The summed E-state index contributed by atoms with van der Waals surface area (Å²) in [4.78, 5) is 14.2. The van der Waals surface area contributed by atoms with Crippen molar-refractivity contribution in [3.05, 3.63) is 11.6 Å². The van der Waals surface area contributed by atoms with E-state index in [1.54, 1.807) is 0 Å². The van der Waals surface area contributed by atoms with Crippen LogP contribution in [0.1, 0.15) is 126 Å². The number of hydrogen-bond acceptors (Lipinski definition) is 16. The molecular weight excluding hydrogens is 871 g/mol. The molecule has 384 valence electrons. The van der Waals surface area contributed by atoms with Crippen molar-refractivity contribution in [2.45, 2.75) is 218 Å². The molecule has 17 heteroatoms. The van der Waals surface area contributed by atoms with E-state index in [2.05, 4.69) is 59.9 Å². The number of aliphatic hydroxyl groups excluding tert-OH is 9. The van der Waals surface area contributed by atoms with Crippen molar-refractivity contribution < 1.29 is 79.2 Å². The lowest BCUT2D eigenvalue weighted by molar-refractivity contribution is -0.381. The standard InChI is InChI=1S/C50H83NO16/c1-9-20-51-44(61)50-18-16-45(3,4)21-27(50)26-10-11-31-46(5)14-13-32(47(6,24-53)30(46)12-15-49(31,8)48(26,7)17-19-50)66-43-40(67-41-38(59)36(57)33(54)25(2)63-41)35(56)29(23-62-43)65-42-39(60)37(58)34(55)28(22-52)64-42/h10,25,27-43,52-60H,9,11-24H2,1-8H3,(H,51,61)/t25-,27?,28+,29-,30?,31?,32?,33-,34+,35-,36+,37-,38+,39+,40+,41-,42+,43-,46-,47-,48+,49+,50-/m0/s1. The first-order chi connectivity index (χ1) is 31.5. The normalized spacial score (nSPS) is 53.0. The number of aliphatic hydroxyl groups is 9. The Morgan fingerprint density at radius 2 is 1.42 bits per heavy atom. The zero-order valence-electron chi connectivity index (χ0n) is 41.0. The number of carbonyl (C=O) groups excluding carboxylic acids is 1. The number of nitrogens with one attached hydrogen (secondary N) is 1. The topological polar surface area (TPSA) is 267 Å². The number of hydrogen-bond donors (Lipinski definition) is 10. The van der Waals surface area contributed by atoms with Crippen molar-refractivity contribution in [2.75, 3.05) is 26.4 Å². The van der Waals surface area contributed by atoms with E-state index in [1.165, 1.54) is 12.5 Å². The van der Waals surface area contributed by atoms with Crippen LogP contribution in [-0.4, -0.2) is 170 Å². The van der Waals surface area contributed by atoms with Crippen molar-refractivity contribution >= 4 is 5.91 Å². The summed E-state index contributed by atoms with van der Waals surface area (Å²) in [5, 5.41) is 100. The van der Waals surface area contributed by atoms with Crippen LogP contribution < -0.4 is 5.32 Å². The zero-order chi connectivity index (χ0) is 48.8. The third kappa shape index (κ3) is 8.40. The van der Waals surface area contributed by atoms with Crippen LogP contribution in [0, 0.1) is 50.2 Å². The molecule has 4 saturated carbocycles. The molecule has 0 aromatic rings. The van der Waals surface area contributed by atoms with Gasteiger partial charge in [-0.05, 0) is 117 Å². The Morgan fingerprint density at radius 1 is 0.746 bits per heavy atom. The van der Waals surface area contributed by atoms with Gasteiger partial charge < -0.3 is 79.7 Å². The first-order valence-corrected chi connectivity index (χ1v) is 25.3. The van der Waals surface area contributed by atoms with E-state index in [0.717, 1.165) is 64.2 Å². The van der Waals surface area contributed by atoms with Gasteiger partial charge in [-0.2, -0.15) is 0 Å². The Hall–Kier alpha value is -1.39. The summed E-state index contributed by atoms with van der Waals surface area (Å²) in [7, 11) is 0. The molecule has 4 unspecified atom stereocenters. The van der Waals surface area contributed by atoms with Gasteiger partial charge in [-0.1, -0.05) is 60.1 Å². The Balaban J connectivity index is 1.05. The van der Waals surface area contributed by atoms with Crippen LogP contribution in [0.2, 0.25) is 0 Å². The van der Waals surface area contributed by atoms with Gasteiger partial charge in [0, 0.05) is 12.0 Å². The molecule has 17 nitrogen and oxygen atoms in total. The Labute approximate surface area is 395 Å². The highest BCUT2D eigenvalue weighted by Gasteiger charge is 2.70. The van der Waals surface area contributed by atoms with Gasteiger partial charge in [-0.25, -0.2) is 0 Å². The number of ether oxygens (including phenoxy) is 6. The van der Waals surface area contributed by atoms with E-state index in [4.69, 9.17) is 28.4 Å². The van der Waals surface area contributed by atoms with Crippen molar-refractivity contribution in [3.63, 3.8) is 0 Å². The summed E-state index contributed by atoms with van der Waals surface area (Å²) >= 11 is 0. The number of amides is 1. The molecule has 7 fully saturated rings. The highest BCUT2D eigenvalue weighted by Crippen LogP contribution is 2.76. The minimum atomic E-state index is -1.77. The fraction of sp³-hybridized carbons (Fsp3) is 0.940. The molecule has 1 amide bonds. The molecule has 23 atom stereocenters. The van der Waals surface area contributed by atoms with Crippen molar-refractivity contribution in [2.24, 2.45) is 50.2 Å². The van der Waals surface area contributed by atoms with Gasteiger partial charge in [0.05, 0.1) is 37.4 Å². The minimum absolute atomic E-state index is 0.0210. The van der Waals surface area contributed by atoms with Gasteiger partial charge >= 0.3 is 0 Å². The minimum Gasteiger partial charge on any atom is -0.396 e. The quantitative estimate of drug-likeness (QED) is 0.105. The summed E-state index contributed by atoms with van der Waals surface area (Å²) in [6.07, 6.45) is -9.54. The summed E-state index contributed by atoms with van der Waals surface area (Å²) in [5.41, 5.74) is 0.0513. The lowest BCUT2D eigenvalue weighted by Crippen LogP contribution is -2.67. The fourth-order valence-electron chi connectivity index (χ4n) is 15.2. The second kappa shape index (κ2) is 18.9. The van der Waals surface area contributed by atoms with E-state index in [9.17, 15) is 50.8 Å². The van der Waals surface area contributed by atoms with E-state index in [-0.39, 0.29) is 58.5 Å². The van der Waals surface area contributed by atoms with E-state index in [1.807, 2.05) is 0 Å². The molecule has 5 aliphatic carbocycles. The van der Waals surface area contributed by atoms with E-state index in [0.29, 0.717) is 13.0 Å². The molecule has 8 rings (SSSR count). The Morgan fingerprint density at radius 3 is 2.09 bits per heavy atom. The van der Waals surface area contributed by atoms with Gasteiger partial charge in [0.1, 0.15) is 61.0 Å². The average Bonchev–Trinajstić information content (AvgIpc) is 3.29. The third-order valence-corrected chi connectivity index (χ3v) is 19.7. The smallest absolute Gasteiger partial charge is 0.226 e. The average molecular weight is 954 g/mol. The summed E-state index contributed by atoms with van der Waals surface area (Å²) in [6, 6.07) is 0. The van der Waals surface area contributed by atoms with Gasteiger partial charge in [0.25, 0.3) is 0 Å². The van der Waals surface area contributed by atoms with E-state index < -0.39 is 110 Å². The molecule has 0 radical (unpaired) electrons. The Bertz CT molecular complexity index is 1800. The second-order valence-corrected chi connectivity index (χ2v) is 23.8. The monoisotopic (exact) mass is 954 g/mol. The van der Waals surface area contributed by atoms with Crippen LogP contribution in [0.3, 0.4) is 0 Å². The lowest BCUT2D eigenvalue weighted by Gasteiger charge is -2.71. The van der Waals surface area contributed by atoms with Gasteiger partial charge in [-0.15, -0.1) is 0 Å². The largest absolute Gasteiger partial charge is 0.396 e. The summed E-state index contributed by atoms with van der Waals surface area (Å²) in [5.74, 6) is 0.717. The fourth-order valence-corrected chi connectivity index (χ4v) is 15.2. The predicted molar refractivity (Wildman–Crippen MR) is 240 cm³/mol. The molecular formula is C50H83NO16. The predicted octanol–water partition coefficient (Wildman–Crippen LogP) is 1.79. The van der Waals surface area contributed by atoms with Crippen LogP contribution in [-0.2, 0) is 33.2 Å². The van der Waals surface area contributed by atoms with Crippen LogP contribution in [0.25, 0.3) is 0 Å². The zero-order valence-corrected chi connectivity index (χ0v) is 41.0. The number of carbonyl (C=O) groups is 1. The molecule has 0 aromatic heterocycles. The number of rotatable bonds is 11. The first-order valence-electron chi connectivity index (χ1n) is 25.3. The lowest BCUT2D eigenvalue weighted by atomic mass is 9.33. The van der Waals surface area contributed by atoms with Crippen molar-refractivity contribution in [1.82, 2.24) is 5.32 Å². The first kappa shape index (κ1) is 51.9. The Kier molecular flexibility index (Phi) is 14.7. The maximum absolute atomic E-state index is 14.2. The molecule has 3 aliphatic heterocycles. The highest BCUT2D eigenvalue weighted by atomic mass is 16.8.